The molecule has 0 saturated carbocycles. The van der Waals surface area contributed by atoms with Crippen LogP contribution in [-0.4, -0.2) is 55.8 Å². The minimum absolute atomic E-state index is 0.0163. The Morgan fingerprint density at radius 1 is 1.37 bits per heavy atom. The molecule has 0 aromatic carbocycles. The molecule has 3 aromatic rings. The molecule has 17 heteroatoms. The summed E-state index contributed by atoms with van der Waals surface area (Å²) in [5.41, 5.74) is 6.04. The quantitative estimate of drug-likeness (QED) is 0.246. The molecule has 3 heterocycles. The zero-order valence-electron chi connectivity index (χ0n) is 15.0. The highest BCUT2D eigenvalue weighted by atomic mass is 35.6. The molecule has 1 unspecified atom stereocenters. The highest BCUT2D eigenvalue weighted by Gasteiger charge is 2.42. The smallest absolute Gasteiger partial charge is 0.382 e. The summed E-state index contributed by atoms with van der Waals surface area (Å²) in [6, 6.07) is -0.341. The highest BCUT2D eigenvalue weighted by molar-refractivity contribution is 6.68. The molecule has 3 aromatic heterocycles. The zero-order valence-corrected chi connectivity index (χ0v) is 18.1. The maximum Gasteiger partial charge on any atom is 0.420 e. The fourth-order valence-corrected chi connectivity index (χ4v) is 3.48. The van der Waals surface area contributed by atoms with Crippen molar-refractivity contribution in [2.45, 2.75) is 9.96 Å². The molecule has 30 heavy (non-hydrogen) atoms. The van der Waals surface area contributed by atoms with Gasteiger partial charge >= 0.3 is 17.9 Å². The highest BCUT2D eigenvalue weighted by Crippen LogP contribution is 2.41. The van der Waals surface area contributed by atoms with Gasteiger partial charge in [-0.3, -0.25) is 9.47 Å². The molecule has 0 aliphatic rings. The van der Waals surface area contributed by atoms with E-state index < -0.39 is 21.0 Å². The molecule has 13 nitrogen and oxygen atoms in total. The predicted molar refractivity (Wildman–Crippen MR) is 108 cm³/mol. The number of carbonyl (C=O) groups is 1. The number of hydrogen-bond acceptors (Lipinski definition) is 9. The Morgan fingerprint density at radius 2 is 2.03 bits per heavy atom. The monoisotopic (exact) mass is 497 g/mol. The maximum atomic E-state index is 12.7. The molecule has 0 bridgehead atoms. The van der Waals surface area contributed by atoms with Crippen molar-refractivity contribution >= 4 is 75.3 Å². The van der Waals surface area contributed by atoms with Crippen LogP contribution in [-0.2, 0) is 7.05 Å². The van der Waals surface area contributed by atoms with E-state index in [1.54, 1.807) is 0 Å². The molecule has 0 spiro atoms. The summed E-state index contributed by atoms with van der Waals surface area (Å²) in [6.45, 7) is 0. The van der Waals surface area contributed by atoms with Gasteiger partial charge in [-0.2, -0.15) is 19.5 Å². The Morgan fingerprint density at radius 3 is 2.60 bits per heavy atom. The third-order valence-corrected chi connectivity index (χ3v) is 4.67. The van der Waals surface area contributed by atoms with Crippen LogP contribution in [0, 0.1) is 10.1 Å². The summed E-state index contributed by atoms with van der Waals surface area (Å²) in [5, 5.41) is 10.7. The number of nitro groups is 1. The molecular formula is C13H11Cl4N9O4. The van der Waals surface area contributed by atoms with Crippen molar-refractivity contribution in [1.29, 1.82) is 0 Å². The van der Waals surface area contributed by atoms with Crippen LogP contribution in [0.4, 0.5) is 16.4 Å². The molecule has 0 aliphatic carbocycles. The van der Waals surface area contributed by atoms with Gasteiger partial charge in [-0.15, -0.1) is 0 Å². The lowest BCUT2D eigenvalue weighted by Crippen LogP contribution is -2.43. The van der Waals surface area contributed by atoms with Gasteiger partial charge in [0.15, 0.2) is 17.6 Å². The number of carbonyl (C=O) groups excluding carboxylic acids is 1. The fraction of sp³-hybridized carbons (Fsp3) is 0.308. The van der Waals surface area contributed by atoms with E-state index in [2.05, 4.69) is 19.9 Å². The summed E-state index contributed by atoms with van der Waals surface area (Å²) in [7, 11) is 2.56. The first-order valence-corrected chi connectivity index (χ1v) is 9.26. The maximum absolute atomic E-state index is 12.7. The lowest BCUT2D eigenvalue weighted by Gasteiger charge is -2.32. The van der Waals surface area contributed by atoms with Gasteiger partial charge in [0.25, 0.3) is 0 Å². The third kappa shape index (κ3) is 4.01. The Kier molecular flexibility index (Phi) is 5.82. The number of amides is 1. The second-order valence-electron chi connectivity index (χ2n) is 5.81. The molecule has 0 saturated heterocycles. The SMILES string of the molecule is CN(C(=O)Oc1ncc([N+](=O)[O-])n1C)C(n1cnc2c(N)nc(Cl)nc21)C(Cl)(Cl)Cl. The lowest BCUT2D eigenvalue weighted by atomic mass is 10.4. The molecule has 3 rings (SSSR count). The van der Waals surface area contributed by atoms with Gasteiger partial charge in [-0.25, -0.2) is 9.78 Å². The number of imidazole rings is 2. The summed E-state index contributed by atoms with van der Waals surface area (Å²) < 4.78 is 5.23. The first-order chi connectivity index (χ1) is 13.9. The van der Waals surface area contributed by atoms with Gasteiger partial charge in [0.1, 0.15) is 11.7 Å². The van der Waals surface area contributed by atoms with Crippen molar-refractivity contribution in [3.63, 3.8) is 0 Å². The van der Waals surface area contributed by atoms with Gasteiger partial charge in [0.05, 0.1) is 13.4 Å². The second kappa shape index (κ2) is 7.91. The van der Waals surface area contributed by atoms with E-state index in [0.29, 0.717) is 0 Å². The van der Waals surface area contributed by atoms with Crippen molar-refractivity contribution in [3.05, 3.63) is 27.9 Å². The Hall–Kier alpha value is -2.61. The van der Waals surface area contributed by atoms with Gasteiger partial charge in [-0.05, 0) is 16.5 Å². The van der Waals surface area contributed by atoms with Gasteiger partial charge in [-0.1, -0.05) is 34.8 Å². The van der Waals surface area contributed by atoms with Crippen molar-refractivity contribution in [3.8, 4) is 6.01 Å². The van der Waals surface area contributed by atoms with Crippen LogP contribution >= 0.6 is 46.4 Å². The number of rotatable bonds is 4. The van der Waals surface area contributed by atoms with Crippen molar-refractivity contribution < 1.29 is 14.5 Å². The molecule has 160 valence electrons. The van der Waals surface area contributed by atoms with Crippen LogP contribution in [0.5, 0.6) is 6.01 Å². The van der Waals surface area contributed by atoms with E-state index >= 15 is 0 Å². The van der Waals surface area contributed by atoms with Crippen LogP contribution in [0.25, 0.3) is 11.2 Å². The van der Waals surface area contributed by atoms with E-state index in [9.17, 15) is 14.9 Å². The first-order valence-electron chi connectivity index (χ1n) is 7.74. The van der Waals surface area contributed by atoms with E-state index in [0.717, 1.165) is 15.7 Å². The minimum atomic E-state index is -2.10. The number of halogens is 4. The standard InChI is InChI=1S/C13H11Cl4N9O4/c1-23-5(26(28)29)3-19-11(23)30-12(27)24(2)9(13(15,16)17)25-4-20-6-7(18)21-10(14)22-8(6)25/h3-4,9H,1-2H3,(H2,18,21,22). The molecule has 0 fully saturated rings. The second-order valence-corrected chi connectivity index (χ2v) is 8.52. The van der Waals surface area contributed by atoms with Crippen molar-refractivity contribution in [2.75, 3.05) is 12.8 Å². The summed E-state index contributed by atoms with van der Waals surface area (Å²) in [5.74, 6) is -0.404. The normalized spacial score (nSPS) is 12.7. The largest absolute Gasteiger partial charge is 0.420 e. The van der Waals surface area contributed by atoms with E-state index in [4.69, 9.17) is 56.9 Å². The number of anilines is 1. The fourth-order valence-electron chi connectivity index (χ4n) is 2.55. The molecule has 1 atom stereocenters. The number of ether oxygens (including phenoxy) is 1. The number of nitrogens with two attached hydrogens (primary N) is 1. The molecule has 2 N–H and O–H groups in total. The number of nitrogen functional groups attached to an aromatic ring is 1. The van der Waals surface area contributed by atoms with Crippen molar-refractivity contribution in [2.24, 2.45) is 7.05 Å². The number of fused-ring (bicyclic) bond motifs is 1. The van der Waals surface area contributed by atoms with Gasteiger partial charge in [0.2, 0.25) is 9.08 Å². The van der Waals surface area contributed by atoms with E-state index in [1.165, 1.54) is 25.0 Å². The van der Waals surface area contributed by atoms with Crippen LogP contribution < -0.4 is 10.5 Å². The Labute approximate surface area is 187 Å². The number of hydrogen-bond donors (Lipinski definition) is 1. The summed E-state index contributed by atoms with van der Waals surface area (Å²) in [6.07, 6.45) is -0.209. The van der Waals surface area contributed by atoms with E-state index in [-0.39, 0.29) is 34.1 Å². The van der Waals surface area contributed by atoms with E-state index in [1.807, 2.05) is 0 Å². The van der Waals surface area contributed by atoms with Crippen LogP contribution in [0.2, 0.25) is 5.28 Å². The topological polar surface area (TPSA) is 160 Å². The van der Waals surface area contributed by atoms with Crippen LogP contribution in [0.3, 0.4) is 0 Å². The zero-order chi connectivity index (χ0) is 22.4. The number of nitrogens with zero attached hydrogens (tertiary/aromatic N) is 8. The van der Waals surface area contributed by atoms with Crippen molar-refractivity contribution in [1.82, 2.24) is 34.0 Å². The van der Waals surface area contributed by atoms with Gasteiger partial charge in [0, 0.05) is 7.05 Å². The average molecular weight is 499 g/mol. The first kappa shape index (κ1) is 22.1. The summed E-state index contributed by atoms with van der Waals surface area (Å²) in [4.78, 5) is 39.4. The molecule has 0 aliphatic heterocycles. The van der Waals surface area contributed by atoms with Gasteiger partial charge < -0.3 is 20.6 Å². The molecule has 1 amide bonds. The summed E-state index contributed by atoms with van der Waals surface area (Å²) >= 11 is 24.2. The predicted octanol–water partition coefficient (Wildman–Crippen LogP) is 2.70. The Balaban J connectivity index is 1.99. The minimum Gasteiger partial charge on any atom is -0.382 e. The number of alkyl halides is 3. The molecular weight excluding hydrogens is 488 g/mol. The number of aromatic nitrogens is 6. The Bertz CT molecular complexity index is 1140. The lowest BCUT2D eigenvalue weighted by molar-refractivity contribution is -0.391. The average Bonchev–Trinajstić information content (AvgIpc) is 3.18. The van der Waals surface area contributed by atoms with Crippen LogP contribution in [0.1, 0.15) is 6.17 Å². The molecule has 0 radical (unpaired) electrons. The van der Waals surface area contributed by atoms with Crippen LogP contribution in [0.15, 0.2) is 12.5 Å². The third-order valence-electron chi connectivity index (χ3n) is 3.92.